The summed E-state index contributed by atoms with van der Waals surface area (Å²) in [7, 11) is 1.61. The van der Waals surface area contributed by atoms with Gasteiger partial charge in [-0.05, 0) is 56.5 Å². The molecule has 1 N–H and O–H groups in total. The number of amides is 1. The predicted octanol–water partition coefficient (Wildman–Crippen LogP) is 2.96. The number of carbonyl (C=O) groups excluding carboxylic acids is 1. The Hall–Kier alpha value is -2.01. The summed E-state index contributed by atoms with van der Waals surface area (Å²) in [6.07, 6.45) is 6.08. The molecule has 0 saturated carbocycles. The van der Waals surface area contributed by atoms with Crippen molar-refractivity contribution in [3.63, 3.8) is 0 Å². The lowest BCUT2D eigenvalue weighted by Gasteiger charge is -2.32. The molecule has 0 bridgehead atoms. The first-order valence-electron chi connectivity index (χ1n) is 9.10. The molecule has 1 saturated heterocycles. The van der Waals surface area contributed by atoms with Crippen LogP contribution in [0.5, 0.6) is 11.5 Å². The predicted molar refractivity (Wildman–Crippen MR) is 101 cm³/mol. The molecule has 0 spiro atoms. The number of nitrogens with one attached hydrogen (secondary N) is 1. The van der Waals surface area contributed by atoms with Gasteiger partial charge < -0.3 is 19.7 Å². The van der Waals surface area contributed by atoms with Crippen molar-refractivity contribution in [1.82, 2.24) is 10.2 Å². The molecule has 0 atom stereocenters. The van der Waals surface area contributed by atoms with Crippen molar-refractivity contribution in [3.8, 4) is 11.5 Å². The largest absolute Gasteiger partial charge is 0.493 e. The van der Waals surface area contributed by atoms with Crippen LogP contribution in [0.4, 0.5) is 0 Å². The van der Waals surface area contributed by atoms with Gasteiger partial charge in [0, 0.05) is 13.1 Å². The molecule has 1 amide bonds. The van der Waals surface area contributed by atoms with Gasteiger partial charge in [0.15, 0.2) is 18.1 Å². The van der Waals surface area contributed by atoms with Crippen molar-refractivity contribution in [2.24, 2.45) is 5.92 Å². The fourth-order valence-corrected chi connectivity index (χ4v) is 3.07. The van der Waals surface area contributed by atoms with E-state index in [1.54, 1.807) is 7.11 Å². The van der Waals surface area contributed by atoms with Crippen LogP contribution in [0.1, 0.15) is 32.3 Å². The van der Waals surface area contributed by atoms with Crippen molar-refractivity contribution >= 4 is 12.0 Å². The van der Waals surface area contributed by atoms with E-state index in [1.165, 1.54) is 0 Å². The van der Waals surface area contributed by atoms with Crippen LogP contribution in [0.2, 0.25) is 0 Å². The molecule has 25 heavy (non-hydrogen) atoms. The number of likely N-dealkylation sites (tertiary alicyclic amines) is 1. The topological polar surface area (TPSA) is 50.8 Å². The number of hydrogen-bond acceptors (Lipinski definition) is 4. The molecule has 0 aliphatic carbocycles. The number of carbonyl (C=O) groups is 1. The summed E-state index contributed by atoms with van der Waals surface area (Å²) < 4.78 is 11.1. The van der Waals surface area contributed by atoms with Gasteiger partial charge in [0.1, 0.15) is 0 Å². The smallest absolute Gasteiger partial charge is 0.260 e. The normalized spacial score (nSPS) is 15.6. The molecule has 1 aliphatic heterocycles. The average molecular weight is 346 g/mol. The lowest BCUT2D eigenvalue weighted by molar-refractivity contribution is -0.134. The maximum absolute atomic E-state index is 12.4. The SMILES string of the molecule is C/C=C/c1ccc(OCC(=O)N2CCC(CNCC)CC2)c(OC)c1. The molecule has 0 aromatic heterocycles. The van der Waals surface area contributed by atoms with Crippen molar-refractivity contribution in [2.45, 2.75) is 26.7 Å². The summed E-state index contributed by atoms with van der Waals surface area (Å²) in [4.78, 5) is 14.3. The molecule has 1 fully saturated rings. The van der Waals surface area contributed by atoms with Gasteiger partial charge in [-0.25, -0.2) is 0 Å². The zero-order chi connectivity index (χ0) is 18.1. The monoisotopic (exact) mass is 346 g/mol. The third-order valence-electron chi connectivity index (χ3n) is 4.55. The zero-order valence-corrected chi connectivity index (χ0v) is 15.6. The van der Waals surface area contributed by atoms with E-state index >= 15 is 0 Å². The van der Waals surface area contributed by atoms with Gasteiger partial charge in [0.25, 0.3) is 5.91 Å². The molecule has 1 heterocycles. The van der Waals surface area contributed by atoms with E-state index in [0.29, 0.717) is 17.4 Å². The van der Waals surface area contributed by atoms with Crippen LogP contribution in [0.25, 0.3) is 6.08 Å². The summed E-state index contributed by atoms with van der Waals surface area (Å²) in [6.45, 7) is 7.82. The van der Waals surface area contributed by atoms with Crippen LogP contribution in [0, 0.1) is 5.92 Å². The summed E-state index contributed by atoms with van der Waals surface area (Å²) in [5, 5.41) is 3.39. The van der Waals surface area contributed by atoms with Gasteiger partial charge in [0.2, 0.25) is 0 Å². The fraction of sp³-hybridized carbons (Fsp3) is 0.550. The minimum Gasteiger partial charge on any atom is -0.493 e. The second-order valence-electron chi connectivity index (χ2n) is 6.33. The molecule has 1 aromatic carbocycles. The summed E-state index contributed by atoms with van der Waals surface area (Å²) >= 11 is 0. The molecule has 0 radical (unpaired) electrons. The Labute approximate surface area is 151 Å². The van der Waals surface area contributed by atoms with Crippen molar-refractivity contribution < 1.29 is 14.3 Å². The van der Waals surface area contributed by atoms with Crippen LogP contribution in [-0.2, 0) is 4.79 Å². The highest BCUT2D eigenvalue weighted by molar-refractivity contribution is 5.78. The second-order valence-corrected chi connectivity index (χ2v) is 6.33. The van der Waals surface area contributed by atoms with Gasteiger partial charge in [-0.15, -0.1) is 0 Å². The minimum atomic E-state index is 0.0430. The molecule has 1 aliphatic rings. The second kappa shape index (κ2) is 10.1. The first-order valence-corrected chi connectivity index (χ1v) is 9.10. The van der Waals surface area contributed by atoms with E-state index in [-0.39, 0.29) is 12.5 Å². The maximum Gasteiger partial charge on any atom is 0.260 e. The molecule has 1 aromatic rings. The number of hydrogen-bond donors (Lipinski definition) is 1. The highest BCUT2D eigenvalue weighted by Gasteiger charge is 2.23. The highest BCUT2D eigenvalue weighted by atomic mass is 16.5. The standard InChI is InChI=1S/C20H30N2O3/c1-4-6-16-7-8-18(19(13-16)24-3)25-15-20(23)22-11-9-17(10-12-22)14-21-5-2/h4,6-8,13,17,21H,5,9-12,14-15H2,1-3H3/b6-4+. The lowest BCUT2D eigenvalue weighted by atomic mass is 9.97. The number of piperidine rings is 1. The van der Waals surface area contributed by atoms with E-state index in [2.05, 4.69) is 12.2 Å². The van der Waals surface area contributed by atoms with Gasteiger partial charge in [0.05, 0.1) is 7.11 Å². The van der Waals surface area contributed by atoms with Crippen LogP contribution in [0.3, 0.4) is 0 Å². The number of ether oxygens (including phenoxy) is 2. The molecular weight excluding hydrogens is 316 g/mol. The molecule has 138 valence electrons. The third-order valence-corrected chi connectivity index (χ3v) is 4.55. The number of nitrogens with zero attached hydrogens (tertiary/aromatic N) is 1. The van der Waals surface area contributed by atoms with Crippen LogP contribution >= 0.6 is 0 Å². The molecule has 2 rings (SSSR count). The Morgan fingerprint density at radius 1 is 1.32 bits per heavy atom. The first kappa shape index (κ1) is 19.3. The average Bonchev–Trinajstić information content (AvgIpc) is 2.65. The number of rotatable bonds is 8. The van der Waals surface area contributed by atoms with Gasteiger partial charge in [-0.3, -0.25) is 4.79 Å². The van der Waals surface area contributed by atoms with E-state index in [4.69, 9.17) is 9.47 Å². The molecule has 0 unspecified atom stereocenters. The fourth-order valence-electron chi connectivity index (χ4n) is 3.07. The zero-order valence-electron chi connectivity index (χ0n) is 15.6. The third kappa shape index (κ3) is 5.78. The van der Waals surface area contributed by atoms with E-state index < -0.39 is 0 Å². The molecular formula is C20H30N2O3. The quantitative estimate of drug-likeness (QED) is 0.786. The van der Waals surface area contributed by atoms with Gasteiger partial charge >= 0.3 is 0 Å². The summed E-state index contributed by atoms with van der Waals surface area (Å²) in [5.74, 6) is 1.96. The maximum atomic E-state index is 12.4. The Kier molecular flexibility index (Phi) is 7.79. The minimum absolute atomic E-state index is 0.0430. The Morgan fingerprint density at radius 3 is 2.72 bits per heavy atom. The number of allylic oxidation sites excluding steroid dienone is 1. The van der Waals surface area contributed by atoms with E-state index in [1.807, 2.05) is 42.2 Å². The van der Waals surface area contributed by atoms with E-state index in [9.17, 15) is 4.79 Å². The Bertz CT molecular complexity index is 578. The highest BCUT2D eigenvalue weighted by Crippen LogP contribution is 2.28. The number of benzene rings is 1. The van der Waals surface area contributed by atoms with Gasteiger partial charge in [-0.1, -0.05) is 25.1 Å². The van der Waals surface area contributed by atoms with Crippen molar-refractivity contribution in [3.05, 3.63) is 29.8 Å². The first-order chi connectivity index (χ1) is 12.2. The Balaban J connectivity index is 1.84. The Morgan fingerprint density at radius 2 is 2.08 bits per heavy atom. The lowest BCUT2D eigenvalue weighted by Crippen LogP contribution is -2.42. The van der Waals surface area contributed by atoms with Crippen LogP contribution in [-0.4, -0.2) is 50.7 Å². The van der Waals surface area contributed by atoms with Crippen LogP contribution < -0.4 is 14.8 Å². The molecule has 5 heteroatoms. The van der Waals surface area contributed by atoms with Gasteiger partial charge in [-0.2, -0.15) is 0 Å². The molecule has 5 nitrogen and oxygen atoms in total. The number of methoxy groups -OCH3 is 1. The van der Waals surface area contributed by atoms with Crippen molar-refractivity contribution in [2.75, 3.05) is 39.9 Å². The van der Waals surface area contributed by atoms with Crippen LogP contribution in [0.15, 0.2) is 24.3 Å². The summed E-state index contributed by atoms with van der Waals surface area (Å²) in [6, 6.07) is 5.71. The summed E-state index contributed by atoms with van der Waals surface area (Å²) in [5.41, 5.74) is 1.04. The van der Waals surface area contributed by atoms with Crippen molar-refractivity contribution in [1.29, 1.82) is 0 Å². The van der Waals surface area contributed by atoms with E-state index in [0.717, 1.165) is 44.6 Å².